The highest BCUT2D eigenvalue weighted by atomic mass is 15.3. The molecule has 2 rings (SSSR count). The van der Waals surface area contributed by atoms with E-state index in [4.69, 9.17) is 0 Å². The molecule has 1 unspecified atom stereocenters. The summed E-state index contributed by atoms with van der Waals surface area (Å²) in [6.07, 6.45) is 5.62. The highest BCUT2D eigenvalue weighted by Gasteiger charge is 2.28. The van der Waals surface area contributed by atoms with Gasteiger partial charge in [-0.3, -0.25) is 4.90 Å². The first-order chi connectivity index (χ1) is 8.83. The summed E-state index contributed by atoms with van der Waals surface area (Å²) in [6.45, 7) is 13.3. The van der Waals surface area contributed by atoms with Gasteiger partial charge in [0.15, 0.2) is 0 Å². The molecule has 1 heterocycles. The SMILES string of the molecule is CCCC(CNCC)N1CCN(CC2CC2)CC1. The average molecular weight is 253 g/mol. The monoisotopic (exact) mass is 253 g/mol. The molecule has 0 amide bonds. The summed E-state index contributed by atoms with van der Waals surface area (Å²) in [6, 6.07) is 0.762. The van der Waals surface area contributed by atoms with Gasteiger partial charge in [0.25, 0.3) is 0 Å². The number of likely N-dealkylation sites (N-methyl/N-ethyl adjacent to an activating group) is 1. The van der Waals surface area contributed by atoms with Gasteiger partial charge in [0.05, 0.1) is 0 Å². The van der Waals surface area contributed by atoms with Crippen molar-refractivity contribution in [3.05, 3.63) is 0 Å². The molecule has 0 radical (unpaired) electrons. The van der Waals surface area contributed by atoms with Crippen LogP contribution in [0.4, 0.5) is 0 Å². The quantitative estimate of drug-likeness (QED) is 0.711. The van der Waals surface area contributed by atoms with Gasteiger partial charge in [-0.25, -0.2) is 0 Å². The third-order valence-electron chi connectivity index (χ3n) is 4.39. The Labute approximate surface area is 113 Å². The van der Waals surface area contributed by atoms with E-state index in [0.717, 1.165) is 18.5 Å². The predicted molar refractivity (Wildman–Crippen MR) is 78.0 cm³/mol. The number of rotatable bonds is 8. The Bertz CT molecular complexity index is 220. The van der Waals surface area contributed by atoms with Crippen LogP contribution >= 0.6 is 0 Å². The van der Waals surface area contributed by atoms with Crippen LogP contribution in [0.15, 0.2) is 0 Å². The van der Waals surface area contributed by atoms with Gasteiger partial charge < -0.3 is 10.2 Å². The van der Waals surface area contributed by atoms with E-state index in [1.807, 2.05) is 0 Å². The molecule has 3 nitrogen and oxygen atoms in total. The van der Waals surface area contributed by atoms with Gasteiger partial charge in [0.2, 0.25) is 0 Å². The van der Waals surface area contributed by atoms with Crippen LogP contribution in [-0.4, -0.2) is 61.7 Å². The van der Waals surface area contributed by atoms with E-state index in [9.17, 15) is 0 Å². The fraction of sp³-hybridized carbons (Fsp3) is 1.00. The molecule has 1 aliphatic carbocycles. The van der Waals surface area contributed by atoms with Gasteiger partial charge in [-0.05, 0) is 31.7 Å². The maximum absolute atomic E-state index is 3.53. The Morgan fingerprint density at radius 2 is 1.83 bits per heavy atom. The maximum Gasteiger partial charge on any atom is 0.0221 e. The van der Waals surface area contributed by atoms with Crippen molar-refractivity contribution in [3.63, 3.8) is 0 Å². The van der Waals surface area contributed by atoms with Crippen molar-refractivity contribution in [3.8, 4) is 0 Å². The third-order valence-corrected chi connectivity index (χ3v) is 4.39. The topological polar surface area (TPSA) is 18.5 Å². The van der Waals surface area contributed by atoms with Gasteiger partial charge in [-0.15, -0.1) is 0 Å². The van der Waals surface area contributed by atoms with Crippen LogP contribution in [0.5, 0.6) is 0 Å². The molecule has 106 valence electrons. The smallest absolute Gasteiger partial charge is 0.0221 e. The van der Waals surface area contributed by atoms with E-state index in [1.54, 1.807) is 0 Å². The molecule has 0 aromatic heterocycles. The number of hydrogen-bond donors (Lipinski definition) is 1. The van der Waals surface area contributed by atoms with E-state index < -0.39 is 0 Å². The van der Waals surface area contributed by atoms with Gasteiger partial charge in [-0.2, -0.15) is 0 Å². The second-order valence-corrected chi connectivity index (χ2v) is 6.03. The second kappa shape index (κ2) is 7.46. The van der Waals surface area contributed by atoms with E-state index >= 15 is 0 Å². The van der Waals surface area contributed by atoms with Crippen LogP contribution < -0.4 is 5.32 Å². The maximum atomic E-state index is 3.53. The van der Waals surface area contributed by atoms with E-state index in [2.05, 4.69) is 29.0 Å². The van der Waals surface area contributed by atoms with Crippen molar-refractivity contribution in [2.45, 2.75) is 45.6 Å². The van der Waals surface area contributed by atoms with Crippen LogP contribution in [0.1, 0.15) is 39.5 Å². The van der Waals surface area contributed by atoms with Crippen LogP contribution in [0.3, 0.4) is 0 Å². The molecule has 1 N–H and O–H groups in total. The summed E-state index contributed by atoms with van der Waals surface area (Å²) in [7, 11) is 0. The second-order valence-electron chi connectivity index (χ2n) is 6.03. The van der Waals surface area contributed by atoms with Crippen LogP contribution in [0.25, 0.3) is 0 Å². The van der Waals surface area contributed by atoms with Crippen molar-refractivity contribution < 1.29 is 0 Å². The zero-order chi connectivity index (χ0) is 12.8. The fourth-order valence-corrected chi connectivity index (χ4v) is 3.03. The Hall–Kier alpha value is -0.120. The molecule has 3 heteroatoms. The molecule has 18 heavy (non-hydrogen) atoms. The molecule has 2 fully saturated rings. The van der Waals surface area contributed by atoms with Gasteiger partial charge >= 0.3 is 0 Å². The molecule has 2 aliphatic rings. The first-order valence-electron chi connectivity index (χ1n) is 8.00. The minimum absolute atomic E-state index is 0.762. The zero-order valence-electron chi connectivity index (χ0n) is 12.3. The normalized spacial score (nSPS) is 24.3. The van der Waals surface area contributed by atoms with Crippen molar-refractivity contribution in [1.82, 2.24) is 15.1 Å². The van der Waals surface area contributed by atoms with Gasteiger partial charge in [0, 0.05) is 45.3 Å². The largest absolute Gasteiger partial charge is 0.315 e. The van der Waals surface area contributed by atoms with Crippen LogP contribution in [0, 0.1) is 5.92 Å². The molecule has 1 aliphatic heterocycles. The van der Waals surface area contributed by atoms with E-state index in [1.165, 1.54) is 65.0 Å². The minimum Gasteiger partial charge on any atom is -0.315 e. The van der Waals surface area contributed by atoms with Crippen LogP contribution in [0.2, 0.25) is 0 Å². The molecule has 1 saturated carbocycles. The molecule has 0 bridgehead atoms. The lowest BCUT2D eigenvalue weighted by Crippen LogP contribution is -2.53. The first-order valence-corrected chi connectivity index (χ1v) is 8.00. The average Bonchev–Trinajstić information content (AvgIpc) is 3.19. The number of nitrogens with zero attached hydrogens (tertiary/aromatic N) is 2. The lowest BCUT2D eigenvalue weighted by atomic mass is 10.1. The first kappa shape index (κ1) is 14.3. The minimum atomic E-state index is 0.762. The van der Waals surface area contributed by atoms with E-state index in [0.29, 0.717) is 0 Å². The highest BCUT2D eigenvalue weighted by Crippen LogP contribution is 2.30. The Kier molecular flexibility index (Phi) is 5.93. The Morgan fingerprint density at radius 3 is 2.39 bits per heavy atom. The van der Waals surface area contributed by atoms with Crippen molar-refractivity contribution in [1.29, 1.82) is 0 Å². The van der Waals surface area contributed by atoms with Gasteiger partial charge in [0.1, 0.15) is 0 Å². The summed E-state index contributed by atoms with van der Waals surface area (Å²) < 4.78 is 0. The lowest BCUT2D eigenvalue weighted by molar-refractivity contribution is 0.0886. The summed E-state index contributed by atoms with van der Waals surface area (Å²) in [5, 5.41) is 3.53. The molecule has 0 aromatic rings. The summed E-state index contributed by atoms with van der Waals surface area (Å²) in [4.78, 5) is 5.40. The Balaban J connectivity index is 1.70. The predicted octanol–water partition coefficient (Wildman–Crippen LogP) is 1.79. The fourth-order valence-electron chi connectivity index (χ4n) is 3.03. The van der Waals surface area contributed by atoms with Crippen molar-refractivity contribution >= 4 is 0 Å². The summed E-state index contributed by atoms with van der Waals surface area (Å²) in [5.74, 6) is 1.05. The summed E-state index contributed by atoms with van der Waals surface area (Å²) in [5.41, 5.74) is 0. The summed E-state index contributed by atoms with van der Waals surface area (Å²) >= 11 is 0. The molecular formula is C15H31N3. The molecule has 1 atom stereocenters. The highest BCUT2D eigenvalue weighted by molar-refractivity contribution is 4.83. The molecule has 0 aromatic carbocycles. The third kappa shape index (κ3) is 4.52. The molecule has 1 saturated heterocycles. The van der Waals surface area contributed by atoms with E-state index in [-0.39, 0.29) is 0 Å². The molecule has 0 spiro atoms. The standard InChI is InChI=1S/C15H31N3/c1-3-5-15(12-16-4-2)18-10-8-17(9-11-18)13-14-6-7-14/h14-16H,3-13H2,1-2H3. The Morgan fingerprint density at radius 1 is 1.11 bits per heavy atom. The number of hydrogen-bond acceptors (Lipinski definition) is 3. The zero-order valence-corrected chi connectivity index (χ0v) is 12.3. The van der Waals surface area contributed by atoms with Crippen molar-refractivity contribution in [2.24, 2.45) is 5.92 Å². The number of piperazine rings is 1. The molecular weight excluding hydrogens is 222 g/mol. The van der Waals surface area contributed by atoms with Gasteiger partial charge in [-0.1, -0.05) is 20.3 Å². The number of nitrogens with one attached hydrogen (secondary N) is 1. The van der Waals surface area contributed by atoms with Crippen LogP contribution in [-0.2, 0) is 0 Å². The van der Waals surface area contributed by atoms with Crippen molar-refractivity contribution in [2.75, 3.05) is 45.8 Å². The lowest BCUT2D eigenvalue weighted by Gasteiger charge is -2.39.